The number of carboxylic acid groups (broad SMARTS) is 1. The molecule has 0 bridgehead atoms. The number of aliphatic hydroxyl groups excluding tert-OH is 1. The molecule has 0 aliphatic rings. The average molecular weight is 899 g/mol. The molecule has 2 rings (SSSR count). The third-order valence-corrected chi connectivity index (χ3v) is 11.0. The number of hydrogen-bond donors (Lipinski definition) is 10. The number of rotatable bonds is 31. The summed E-state index contributed by atoms with van der Waals surface area (Å²) in [6.07, 6.45) is 13.7. The van der Waals surface area contributed by atoms with E-state index < -0.39 is 72.8 Å². The maximum Gasteiger partial charge on any atom is 0.326 e. The lowest BCUT2D eigenvalue weighted by Crippen LogP contribution is -2.58. The van der Waals surface area contributed by atoms with Crippen LogP contribution in [0.5, 0.6) is 11.5 Å². The van der Waals surface area contributed by atoms with E-state index in [1.54, 1.807) is 0 Å². The van der Waals surface area contributed by atoms with Crippen molar-refractivity contribution in [3.63, 3.8) is 0 Å². The molecular weight excluding hydrogens is 829 g/mol. The molecule has 0 aliphatic heterocycles. The summed E-state index contributed by atoms with van der Waals surface area (Å²) in [5.74, 6) is -5.45. The number of nitrogens with one attached hydrogen (secondary N) is 4. The number of nitrogens with two attached hydrogens (primary N) is 2. The second-order valence-corrected chi connectivity index (χ2v) is 16.2. The number of amides is 6. The van der Waals surface area contributed by atoms with Gasteiger partial charge in [-0.3, -0.25) is 28.8 Å². The van der Waals surface area contributed by atoms with Crippen LogP contribution < -0.4 is 32.7 Å². The highest BCUT2D eigenvalue weighted by atomic mass is 16.4. The molecule has 0 radical (unpaired) electrons. The molecule has 0 saturated carbocycles. The van der Waals surface area contributed by atoms with Crippen molar-refractivity contribution in [2.75, 3.05) is 33.0 Å². The second-order valence-electron chi connectivity index (χ2n) is 16.2. The van der Waals surface area contributed by atoms with E-state index in [4.69, 9.17) is 11.5 Å². The van der Waals surface area contributed by atoms with Gasteiger partial charge in [-0.25, -0.2) is 4.79 Å². The number of aromatic hydroxyl groups is 2. The van der Waals surface area contributed by atoms with E-state index in [0.717, 1.165) is 24.2 Å². The van der Waals surface area contributed by atoms with E-state index in [2.05, 4.69) is 28.2 Å². The van der Waals surface area contributed by atoms with Gasteiger partial charge in [0.1, 0.15) is 29.6 Å². The molecule has 6 amide bonds. The Morgan fingerprint density at radius 3 is 1.91 bits per heavy atom. The fourth-order valence-corrected chi connectivity index (χ4v) is 6.96. The maximum atomic E-state index is 13.0. The molecule has 19 heteroatoms. The van der Waals surface area contributed by atoms with Crippen molar-refractivity contribution in [1.29, 1.82) is 0 Å². The third-order valence-electron chi connectivity index (χ3n) is 11.0. The van der Waals surface area contributed by atoms with Crippen LogP contribution in [-0.4, -0.2) is 124 Å². The minimum absolute atomic E-state index is 0.0342. The van der Waals surface area contributed by atoms with E-state index in [1.165, 1.54) is 114 Å². The van der Waals surface area contributed by atoms with Crippen molar-refractivity contribution >= 4 is 47.6 Å². The lowest BCUT2D eigenvalue weighted by atomic mass is 9.95. The number of phenolic OH excluding ortho intramolecular Hbond substituents is 2. The predicted octanol–water partition coefficient (Wildman–Crippen LogP) is 2.37. The highest BCUT2D eigenvalue weighted by Gasteiger charge is 2.29. The summed E-state index contributed by atoms with van der Waals surface area (Å²) in [5, 5.41) is 50.5. The van der Waals surface area contributed by atoms with Gasteiger partial charge >= 0.3 is 5.97 Å². The Balaban J connectivity index is 1.91. The first-order chi connectivity index (χ1) is 30.4. The van der Waals surface area contributed by atoms with Crippen LogP contribution in [0.25, 0.3) is 11.1 Å². The molecule has 4 unspecified atom stereocenters. The number of phenols is 2. The standard InChI is InChI=1S/C45H70N8O11/c1-5-6-7-8-9-10-11-12-13-14-15-16-17-18-38(57)53(4)36(27-54)43(61)51-41(47)44(62)48-25-39(58)52(3)26-30-19-20-37(56)32(21-30)33-22-31(23-34(46)40(33)59)24-35(45(63)64)50-42(60)29(2)49-28-55/h19-23,28-29,35-36,41,54,56,59H,5-18,24-27,46-47H2,1-4H3,(H,48,62)(H,49,55)(H,50,60)(H,51,61)(H,63,64). The van der Waals surface area contributed by atoms with Gasteiger partial charge < -0.3 is 63.0 Å². The number of anilines is 1. The van der Waals surface area contributed by atoms with Gasteiger partial charge in [0, 0.05) is 44.6 Å². The molecule has 356 valence electrons. The van der Waals surface area contributed by atoms with E-state index in [0.29, 0.717) is 18.4 Å². The average Bonchev–Trinajstić information content (AvgIpc) is 3.25. The number of carbonyl (C=O) groups excluding carboxylic acids is 6. The van der Waals surface area contributed by atoms with E-state index in [-0.39, 0.29) is 53.4 Å². The topological polar surface area (TPSA) is 307 Å². The van der Waals surface area contributed by atoms with Crippen LogP contribution in [0.2, 0.25) is 0 Å². The fraction of sp³-hybridized carbons (Fsp3) is 0.578. The van der Waals surface area contributed by atoms with Crippen molar-refractivity contribution in [2.24, 2.45) is 5.73 Å². The zero-order valence-electron chi connectivity index (χ0n) is 37.7. The minimum Gasteiger partial charge on any atom is -0.507 e. The van der Waals surface area contributed by atoms with Gasteiger partial charge in [-0.15, -0.1) is 0 Å². The van der Waals surface area contributed by atoms with Crippen molar-refractivity contribution in [1.82, 2.24) is 31.1 Å². The Morgan fingerprint density at radius 1 is 0.766 bits per heavy atom. The van der Waals surface area contributed by atoms with Gasteiger partial charge in [0.15, 0.2) is 6.17 Å². The number of nitrogen functional groups attached to an aromatic ring is 1. The maximum absolute atomic E-state index is 13.0. The molecule has 0 fully saturated rings. The Bertz CT molecular complexity index is 1860. The summed E-state index contributed by atoms with van der Waals surface area (Å²) in [7, 11) is 2.85. The molecule has 12 N–H and O–H groups in total. The number of hydrogen-bond acceptors (Lipinski definition) is 12. The van der Waals surface area contributed by atoms with Crippen LogP contribution in [-0.2, 0) is 46.5 Å². The zero-order chi connectivity index (χ0) is 47.8. The number of nitrogens with zero attached hydrogens (tertiary/aromatic N) is 2. The summed E-state index contributed by atoms with van der Waals surface area (Å²) >= 11 is 0. The summed E-state index contributed by atoms with van der Waals surface area (Å²) < 4.78 is 0. The van der Waals surface area contributed by atoms with Crippen molar-refractivity contribution < 1.29 is 54.0 Å². The van der Waals surface area contributed by atoms with Crippen molar-refractivity contribution in [3.05, 3.63) is 41.5 Å². The molecular formula is C45H70N8O11. The smallest absolute Gasteiger partial charge is 0.326 e. The SMILES string of the molecule is CCCCCCCCCCCCCCCC(=O)N(C)C(CO)C(=O)NC(N)C(=O)NCC(=O)N(C)Cc1ccc(O)c(-c2cc(CC(NC(=O)C(C)NC=O)C(=O)O)cc(N)c2O)c1. The number of benzene rings is 2. The van der Waals surface area contributed by atoms with E-state index in [1.807, 2.05) is 0 Å². The van der Waals surface area contributed by atoms with Gasteiger partial charge in [0.2, 0.25) is 30.0 Å². The van der Waals surface area contributed by atoms with Gasteiger partial charge in [0.25, 0.3) is 5.91 Å². The van der Waals surface area contributed by atoms with Gasteiger partial charge in [-0.1, -0.05) is 90.0 Å². The number of aliphatic carboxylic acids is 1. The second kappa shape index (κ2) is 28.7. The van der Waals surface area contributed by atoms with E-state index in [9.17, 15) is 54.0 Å². The Hall–Kier alpha value is -5.95. The van der Waals surface area contributed by atoms with Crippen molar-refractivity contribution in [2.45, 2.75) is 141 Å². The molecule has 0 spiro atoms. The Kier molecular flexibility index (Phi) is 24.3. The molecule has 0 aromatic heterocycles. The number of unbranched alkanes of at least 4 members (excludes halogenated alkanes) is 12. The first kappa shape index (κ1) is 54.2. The van der Waals surface area contributed by atoms with Crippen LogP contribution >= 0.6 is 0 Å². The molecule has 64 heavy (non-hydrogen) atoms. The summed E-state index contributed by atoms with van der Waals surface area (Å²) in [4.78, 5) is 89.0. The molecule has 2 aromatic rings. The first-order valence-electron chi connectivity index (χ1n) is 22.1. The molecule has 0 heterocycles. The van der Waals surface area contributed by atoms with E-state index >= 15 is 0 Å². The lowest BCUT2D eigenvalue weighted by molar-refractivity contribution is -0.142. The van der Waals surface area contributed by atoms with Crippen LogP contribution in [0, 0.1) is 0 Å². The molecule has 4 atom stereocenters. The monoisotopic (exact) mass is 899 g/mol. The predicted molar refractivity (Wildman–Crippen MR) is 241 cm³/mol. The highest BCUT2D eigenvalue weighted by molar-refractivity contribution is 5.93. The Morgan fingerprint density at radius 2 is 1.34 bits per heavy atom. The fourth-order valence-electron chi connectivity index (χ4n) is 6.96. The largest absolute Gasteiger partial charge is 0.507 e. The number of carboxylic acids is 1. The number of aliphatic hydroxyl groups is 1. The van der Waals surface area contributed by atoms with Gasteiger partial charge in [0.05, 0.1) is 18.8 Å². The van der Waals surface area contributed by atoms with Crippen LogP contribution in [0.3, 0.4) is 0 Å². The van der Waals surface area contributed by atoms with Crippen LogP contribution in [0.4, 0.5) is 5.69 Å². The minimum atomic E-state index is -1.61. The van der Waals surface area contributed by atoms with Crippen molar-refractivity contribution in [3.8, 4) is 22.6 Å². The molecule has 0 aliphatic carbocycles. The number of likely N-dealkylation sites (N-methyl/N-ethyl adjacent to an activating group) is 2. The summed E-state index contributed by atoms with van der Waals surface area (Å²) in [5.41, 5.74) is 12.7. The van der Waals surface area contributed by atoms with Crippen LogP contribution in [0.15, 0.2) is 30.3 Å². The quantitative estimate of drug-likeness (QED) is 0.0171. The molecule has 2 aromatic carbocycles. The number of carbonyl (C=O) groups is 7. The molecule has 0 saturated heterocycles. The summed E-state index contributed by atoms with van der Waals surface area (Å²) in [6.45, 7) is 2.33. The lowest BCUT2D eigenvalue weighted by Gasteiger charge is -2.27. The van der Waals surface area contributed by atoms with Gasteiger partial charge in [-0.2, -0.15) is 0 Å². The van der Waals surface area contributed by atoms with Crippen LogP contribution in [0.1, 0.15) is 115 Å². The van der Waals surface area contributed by atoms with Gasteiger partial charge in [-0.05, 0) is 48.7 Å². The zero-order valence-corrected chi connectivity index (χ0v) is 37.7. The third kappa shape index (κ3) is 18.4. The highest BCUT2D eigenvalue weighted by Crippen LogP contribution is 2.40. The summed E-state index contributed by atoms with van der Waals surface area (Å²) in [6, 6.07) is 3.29. The molecule has 19 nitrogen and oxygen atoms in total. The first-order valence-corrected chi connectivity index (χ1v) is 22.1. The Labute approximate surface area is 375 Å². The normalized spacial score (nSPS) is 12.8.